The van der Waals surface area contributed by atoms with Gasteiger partial charge in [0.05, 0.1) is 12.2 Å². The van der Waals surface area contributed by atoms with Crippen molar-refractivity contribution in [2.45, 2.75) is 6.54 Å². The average molecular weight is 251 g/mol. The Bertz CT molecular complexity index is 613. The first-order valence-electron chi connectivity index (χ1n) is 6.32. The van der Waals surface area contributed by atoms with E-state index in [2.05, 4.69) is 0 Å². The SMILES string of the molecule is Bc1cccc2c1OCC(=O)N2Cc1ccccc1. The van der Waals surface area contributed by atoms with Gasteiger partial charge in [-0.3, -0.25) is 4.79 Å². The van der Waals surface area contributed by atoms with Gasteiger partial charge < -0.3 is 9.64 Å². The number of carbonyl (C=O) groups excluding carboxylic acids is 1. The second kappa shape index (κ2) is 4.80. The van der Waals surface area contributed by atoms with Gasteiger partial charge in [0.2, 0.25) is 0 Å². The first-order chi connectivity index (χ1) is 9.25. The summed E-state index contributed by atoms with van der Waals surface area (Å²) in [6.45, 7) is 0.699. The zero-order valence-electron chi connectivity index (χ0n) is 10.8. The number of anilines is 1. The Hall–Kier alpha value is -2.23. The van der Waals surface area contributed by atoms with Crippen LogP contribution in [-0.2, 0) is 11.3 Å². The minimum atomic E-state index is 0.00181. The zero-order valence-corrected chi connectivity index (χ0v) is 10.8. The Kier molecular flexibility index (Phi) is 2.99. The van der Waals surface area contributed by atoms with Crippen molar-refractivity contribution in [1.29, 1.82) is 0 Å². The summed E-state index contributed by atoms with van der Waals surface area (Å²) in [5.74, 6) is 0.819. The Morgan fingerprint density at radius 3 is 2.68 bits per heavy atom. The molecule has 0 spiro atoms. The predicted molar refractivity (Wildman–Crippen MR) is 77.7 cm³/mol. The van der Waals surface area contributed by atoms with E-state index in [0.717, 1.165) is 22.5 Å². The van der Waals surface area contributed by atoms with Crippen molar-refractivity contribution in [2.75, 3.05) is 11.5 Å². The number of fused-ring (bicyclic) bond motifs is 1. The van der Waals surface area contributed by atoms with Crippen molar-refractivity contribution >= 4 is 24.9 Å². The Morgan fingerprint density at radius 1 is 1.11 bits per heavy atom. The average Bonchev–Trinajstić information content (AvgIpc) is 2.43. The summed E-state index contributed by atoms with van der Waals surface area (Å²) in [4.78, 5) is 13.9. The van der Waals surface area contributed by atoms with E-state index in [1.54, 1.807) is 4.90 Å². The summed E-state index contributed by atoms with van der Waals surface area (Å²) >= 11 is 0. The second-order valence-electron chi connectivity index (χ2n) is 4.68. The van der Waals surface area contributed by atoms with Crippen molar-refractivity contribution in [3.63, 3.8) is 0 Å². The summed E-state index contributed by atoms with van der Waals surface area (Å²) in [6, 6.07) is 15.9. The molecule has 2 aromatic carbocycles. The van der Waals surface area contributed by atoms with Gasteiger partial charge in [-0.2, -0.15) is 0 Å². The van der Waals surface area contributed by atoms with Gasteiger partial charge in [-0.15, -0.1) is 0 Å². The van der Waals surface area contributed by atoms with E-state index in [1.807, 2.05) is 56.4 Å². The van der Waals surface area contributed by atoms with E-state index in [-0.39, 0.29) is 12.5 Å². The molecule has 0 fully saturated rings. The van der Waals surface area contributed by atoms with Crippen LogP contribution < -0.4 is 15.1 Å². The Balaban J connectivity index is 1.98. The number of ether oxygens (including phenoxy) is 1. The van der Waals surface area contributed by atoms with Crippen molar-refractivity contribution in [1.82, 2.24) is 0 Å². The molecule has 1 aliphatic heterocycles. The summed E-state index contributed by atoms with van der Waals surface area (Å²) in [7, 11) is 2.00. The van der Waals surface area contributed by atoms with E-state index in [4.69, 9.17) is 4.74 Å². The highest BCUT2D eigenvalue weighted by atomic mass is 16.5. The standard InChI is InChI=1S/C15H14BNO2/c16-12-7-4-8-13-15(12)19-10-14(18)17(13)9-11-5-2-1-3-6-11/h1-8H,9-10,16H2. The van der Waals surface area contributed by atoms with Gasteiger partial charge in [-0.1, -0.05) is 42.5 Å². The van der Waals surface area contributed by atoms with Crippen LogP contribution in [0.3, 0.4) is 0 Å². The molecular formula is C15H14BNO2. The van der Waals surface area contributed by atoms with Crippen molar-refractivity contribution in [2.24, 2.45) is 0 Å². The number of carbonyl (C=O) groups is 1. The van der Waals surface area contributed by atoms with E-state index in [0.29, 0.717) is 6.54 Å². The van der Waals surface area contributed by atoms with E-state index in [1.165, 1.54) is 0 Å². The Morgan fingerprint density at radius 2 is 1.89 bits per heavy atom. The number of amides is 1. The van der Waals surface area contributed by atoms with Gasteiger partial charge in [0.25, 0.3) is 5.91 Å². The molecule has 3 nitrogen and oxygen atoms in total. The smallest absolute Gasteiger partial charge is 0.265 e. The molecule has 0 saturated heterocycles. The molecule has 1 heterocycles. The number of rotatable bonds is 2. The molecular weight excluding hydrogens is 237 g/mol. The molecule has 1 amide bonds. The highest BCUT2D eigenvalue weighted by Crippen LogP contribution is 2.30. The first kappa shape index (κ1) is 11.8. The van der Waals surface area contributed by atoms with Gasteiger partial charge in [0.15, 0.2) is 6.61 Å². The third-order valence-electron chi connectivity index (χ3n) is 3.31. The lowest BCUT2D eigenvalue weighted by molar-refractivity contribution is -0.121. The van der Waals surface area contributed by atoms with Crippen LogP contribution in [0.15, 0.2) is 48.5 Å². The van der Waals surface area contributed by atoms with Gasteiger partial charge >= 0.3 is 0 Å². The van der Waals surface area contributed by atoms with Crippen molar-refractivity contribution < 1.29 is 9.53 Å². The zero-order chi connectivity index (χ0) is 13.2. The lowest BCUT2D eigenvalue weighted by Crippen LogP contribution is -2.39. The van der Waals surface area contributed by atoms with E-state index >= 15 is 0 Å². The highest BCUT2D eigenvalue weighted by molar-refractivity contribution is 6.35. The second-order valence-corrected chi connectivity index (χ2v) is 4.68. The quantitative estimate of drug-likeness (QED) is 0.741. The third-order valence-corrected chi connectivity index (χ3v) is 3.31. The number of nitrogens with zero attached hydrogens (tertiary/aromatic N) is 1. The minimum Gasteiger partial charge on any atom is -0.482 e. The molecule has 4 heteroatoms. The van der Waals surface area contributed by atoms with Crippen molar-refractivity contribution in [3.05, 3.63) is 54.1 Å². The van der Waals surface area contributed by atoms with Crippen molar-refractivity contribution in [3.8, 4) is 5.75 Å². The molecule has 0 radical (unpaired) electrons. The topological polar surface area (TPSA) is 29.5 Å². The molecule has 0 bridgehead atoms. The summed E-state index contributed by atoms with van der Waals surface area (Å²) in [6.07, 6.45) is 0. The minimum absolute atomic E-state index is 0.00181. The molecule has 2 aromatic rings. The molecule has 0 aromatic heterocycles. The fraction of sp³-hybridized carbons (Fsp3) is 0.133. The molecule has 19 heavy (non-hydrogen) atoms. The number of hydrogen-bond acceptors (Lipinski definition) is 2. The molecule has 3 rings (SSSR count). The number of benzene rings is 2. The summed E-state index contributed by atoms with van der Waals surface area (Å²) in [5.41, 5.74) is 3.04. The lowest BCUT2D eigenvalue weighted by Gasteiger charge is -2.30. The first-order valence-corrected chi connectivity index (χ1v) is 6.32. The molecule has 0 aliphatic carbocycles. The van der Waals surface area contributed by atoms with E-state index in [9.17, 15) is 4.79 Å². The number of hydrogen-bond donors (Lipinski definition) is 0. The van der Waals surface area contributed by atoms with Crippen LogP contribution in [0.1, 0.15) is 5.56 Å². The number of para-hydroxylation sites is 1. The van der Waals surface area contributed by atoms with Gasteiger partial charge in [0, 0.05) is 0 Å². The van der Waals surface area contributed by atoms with Crippen LogP contribution in [0, 0.1) is 0 Å². The molecule has 0 unspecified atom stereocenters. The van der Waals surface area contributed by atoms with Gasteiger partial charge in [-0.25, -0.2) is 0 Å². The maximum Gasteiger partial charge on any atom is 0.265 e. The van der Waals surface area contributed by atoms with Crippen LogP contribution in [0.25, 0.3) is 0 Å². The predicted octanol–water partition coefficient (Wildman–Crippen LogP) is 0.871. The fourth-order valence-corrected chi connectivity index (χ4v) is 2.32. The van der Waals surface area contributed by atoms with Gasteiger partial charge in [-0.05, 0) is 17.1 Å². The van der Waals surface area contributed by atoms with E-state index < -0.39 is 0 Å². The van der Waals surface area contributed by atoms with Gasteiger partial charge in [0.1, 0.15) is 13.6 Å². The largest absolute Gasteiger partial charge is 0.482 e. The van der Waals surface area contributed by atoms with Crippen LogP contribution in [0.2, 0.25) is 0 Å². The monoisotopic (exact) mass is 251 g/mol. The van der Waals surface area contributed by atoms with Crippen LogP contribution >= 0.6 is 0 Å². The van der Waals surface area contributed by atoms with Crippen LogP contribution in [0.4, 0.5) is 5.69 Å². The van der Waals surface area contributed by atoms with Crippen LogP contribution in [-0.4, -0.2) is 20.4 Å². The molecule has 0 atom stereocenters. The van der Waals surface area contributed by atoms with Crippen LogP contribution in [0.5, 0.6) is 5.75 Å². The highest BCUT2D eigenvalue weighted by Gasteiger charge is 2.26. The maximum absolute atomic E-state index is 12.1. The maximum atomic E-state index is 12.1. The lowest BCUT2D eigenvalue weighted by atomic mass is 9.93. The Labute approximate surface area is 113 Å². The molecule has 0 N–H and O–H groups in total. The third kappa shape index (κ3) is 2.21. The molecule has 94 valence electrons. The molecule has 1 aliphatic rings. The summed E-state index contributed by atoms with van der Waals surface area (Å²) < 4.78 is 5.54. The summed E-state index contributed by atoms with van der Waals surface area (Å²) in [5, 5.41) is 0. The normalized spacial score (nSPS) is 13.9. The molecule has 0 saturated carbocycles. The fourth-order valence-electron chi connectivity index (χ4n) is 2.32.